The van der Waals surface area contributed by atoms with E-state index >= 15 is 4.39 Å². The summed E-state index contributed by atoms with van der Waals surface area (Å²) in [5.41, 5.74) is 3.36. The highest BCUT2D eigenvalue weighted by atomic mass is 19.4. The average molecular weight is 552 g/mol. The summed E-state index contributed by atoms with van der Waals surface area (Å²) in [7, 11) is 1.01. The van der Waals surface area contributed by atoms with E-state index in [-0.39, 0.29) is 12.1 Å². The molecule has 0 radical (unpaired) electrons. The molecule has 2 aromatic carbocycles. The van der Waals surface area contributed by atoms with Gasteiger partial charge in [0.1, 0.15) is 22.7 Å². The van der Waals surface area contributed by atoms with Crippen molar-refractivity contribution in [1.82, 2.24) is 0 Å². The summed E-state index contributed by atoms with van der Waals surface area (Å²) >= 11 is 0. The second kappa shape index (κ2) is 9.87. The van der Waals surface area contributed by atoms with E-state index in [0.29, 0.717) is 18.2 Å². The van der Waals surface area contributed by atoms with E-state index < -0.39 is 81.5 Å². The molecular weight excluding hydrogens is 536 g/mol. The van der Waals surface area contributed by atoms with Crippen molar-refractivity contribution in [3.05, 3.63) is 76.8 Å². The first-order valence-corrected chi connectivity index (χ1v) is 10.2. The van der Waals surface area contributed by atoms with Gasteiger partial charge in [0.25, 0.3) is 11.8 Å². The highest BCUT2D eigenvalue weighted by Crippen LogP contribution is 2.51. The van der Waals surface area contributed by atoms with E-state index in [9.17, 15) is 40.3 Å². The predicted molar refractivity (Wildman–Crippen MR) is 113 cm³/mol. The fraction of sp³-hybridized carbons (Fsp3) is 0.217. The van der Waals surface area contributed by atoms with E-state index in [2.05, 4.69) is 4.74 Å². The monoisotopic (exact) mass is 552 g/mol. The number of ether oxygens (including phenoxy) is 3. The first-order valence-electron chi connectivity index (χ1n) is 10.2. The molecule has 2 amide bonds. The summed E-state index contributed by atoms with van der Waals surface area (Å²) in [4.78, 5) is 23.4. The molecule has 0 aliphatic heterocycles. The summed E-state index contributed by atoms with van der Waals surface area (Å²) in [5, 5.41) is 0. The molecule has 38 heavy (non-hydrogen) atoms. The van der Waals surface area contributed by atoms with Crippen molar-refractivity contribution < 1.29 is 58.9 Å². The van der Waals surface area contributed by atoms with Crippen LogP contribution in [-0.2, 0) is 10.2 Å². The normalized spacial score (nSPS) is 19.8. The highest BCUT2D eigenvalue weighted by molar-refractivity contribution is 5.95. The van der Waals surface area contributed by atoms with Crippen molar-refractivity contribution >= 4 is 11.8 Å². The number of hydrogen-bond acceptors (Lipinski definition) is 5. The molecule has 0 saturated heterocycles. The maximum atomic E-state index is 15.8. The smallest absolute Gasteiger partial charge is 0.493 e. The van der Waals surface area contributed by atoms with E-state index in [1.807, 2.05) is 0 Å². The second-order valence-corrected chi connectivity index (χ2v) is 7.73. The number of benzene rings is 2. The summed E-state index contributed by atoms with van der Waals surface area (Å²) in [6.45, 7) is 0. The Morgan fingerprint density at radius 1 is 0.947 bits per heavy atom. The van der Waals surface area contributed by atoms with E-state index in [4.69, 9.17) is 20.9 Å². The van der Waals surface area contributed by atoms with Gasteiger partial charge in [-0.2, -0.15) is 13.2 Å². The molecule has 3 rings (SSSR count). The van der Waals surface area contributed by atoms with Crippen LogP contribution in [0.5, 0.6) is 17.2 Å². The van der Waals surface area contributed by atoms with E-state index in [0.717, 1.165) is 25.3 Å². The largest absolute Gasteiger partial charge is 0.573 e. The molecule has 0 aromatic heterocycles. The molecule has 2 aromatic rings. The maximum Gasteiger partial charge on any atom is 0.573 e. The van der Waals surface area contributed by atoms with Crippen molar-refractivity contribution in [2.75, 3.05) is 7.11 Å². The van der Waals surface area contributed by atoms with Gasteiger partial charge in [0, 0.05) is 6.07 Å². The van der Waals surface area contributed by atoms with Gasteiger partial charge < -0.3 is 25.7 Å². The van der Waals surface area contributed by atoms with Gasteiger partial charge in [0.2, 0.25) is 0 Å². The number of hydrogen-bond donors (Lipinski definition) is 2. The average Bonchev–Trinajstić information content (AvgIpc) is 2.77. The molecule has 0 spiro atoms. The first-order chi connectivity index (χ1) is 17.5. The van der Waals surface area contributed by atoms with Gasteiger partial charge in [-0.1, -0.05) is 12.1 Å². The molecule has 0 saturated carbocycles. The van der Waals surface area contributed by atoms with Gasteiger partial charge in [0.05, 0.1) is 18.2 Å². The van der Waals surface area contributed by atoms with Crippen LogP contribution in [0.25, 0.3) is 0 Å². The Labute approximate surface area is 208 Å². The molecule has 2 unspecified atom stereocenters. The number of rotatable bonds is 7. The summed E-state index contributed by atoms with van der Waals surface area (Å²) in [6, 6.07) is 3.82. The third kappa shape index (κ3) is 5.21. The van der Waals surface area contributed by atoms with Gasteiger partial charge in [0.15, 0.2) is 17.7 Å². The maximum absolute atomic E-state index is 15.8. The van der Waals surface area contributed by atoms with Crippen molar-refractivity contribution in [3.8, 4) is 17.2 Å². The lowest BCUT2D eigenvalue weighted by Gasteiger charge is -2.39. The molecule has 15 heteroatoms. The molecule has 0 fully saturated rings. The summed E-state index contributed by atoms with van der Waals surface area (Å²) in [6.07, 6.45) is -13.0. The third-order valence-corrected chi connectivity index (χ3v) is 5.45. The van der Waals surface area contributed by atoms with Crippen molar-refractivity contribution in [1.29, 1.82) is 0 Å². The summed E-state index contributed by atoms with van der Waals surface area (Å²) in [5.74, 6) is -6.90. The zero-order valence-electron chi connectivity index (χ0n) is 18.9. The molecule has 2 atom stereocenters. The molecule has 0 bridgehead atoms. The minimum absolute atomic E-state index is 0.247. The topological polar surface area (TPSA) is 114 Å². The zero-order chi connectivity index (χ0) is 28.6. The molecule has 0 heterocycles. The first kappa shape index (κ1) is 28.3. The number of methoxy groups -OCH3 is 1. The van der Waals surface area contributed by atoms with Crippen LogP contribution in [0, 0.1) is 5.82 Å². The number of allylic oxidation sites excluding steroid dienone is 2. The zero-order valence-corrected chi connectivity index (χ0v) is 18.9. The summed E-state index contributed by atoms with van der Waals surface area (Å²) < 4.78 is 125. The van der Waals surface area contributed by atoms with Crippen LogP contribution in [0.3, 0.4) is 0 Å². The molecule has 1 aliphatic carbocycles. The number of halogens is 8. The number of nitrogens with two attached hydrogens (primary N) is 2. The van der Waals surface area contributed by atoms with Gasteiger partial charge in [-0.3, -0.25) is 9.59 Å². The Bertz CT molecular complexity index is 1340. The molecule has 4 N–H and O–H groups in total. The number of alkyl halides is 7. The Hall–Kier alpha value is -4.30. The fourth-order valence-electron chi connectivity index (χ4n) is 3.73. The minimum Gasteiger partial charge on any atom is -0.493 e. The van der Waals surface area contributed by atoms with Gasteiger partial charge in [-0.15, -0.1) is 13.2 Å². The lowest BCUT2D eigenvalue weighted by atomic mass is 9.70. The molecule has 204 valence electrons. The van der Waals surface area contributed by atoms with Crippen LogP contribution in [0.2, 0.25) is 0 Å². The number of primary amides is 2. The lowest BCUT2D eigenvalue weighted by molar-refractivity contribution is -0.274. The number of carbonyl (C=O) groups excluding carboxylic acids is 2. The van der Waals surface area contributed by atoms with Crippen LogP contribution in [0.1, 0.15) is 15.9 Å². The van der Waals surface area contributed by atoms with Gasteiger partial charge >= 0.3 is 12.5 Å². The van der Waals surface area contributed by atoms with Crippen molar-refractivity contribution in [2.24, 2.45) is 11.5 Å². The van der Waals surface area contributed by atoms with Crippen LogP contribution in [0.4, 0.5) is 35.1 Å². The third-order valence-electron chi connectivity index (χ3n) is 5.45. The Kier molecular flexibility index (Phi) is 7.34. The number of carbonyl (C=O) groups is 2. The van der Waals surface area contributed by atoms with Crippen molar-refractivity contribution in [3.63, 3.8) is 0 Å². The van der Waals surface area contributed by atoms with Crippen LogP contribution < -0.4 is 25.7 Å². The van der Waals surface area contributed by atoms with Gasteiger partial charge in [-0.05, 0) is 35.9 Å². The predicted octanol–water partition coefficient (Wildman–Crippen LogP) is 4.36. The van der Waals surface area contributed by atoms with E-state index in [1.165, 1.54) is 0 Å². The van der Waals surface area contributed by atoms with Crippen LogP contribution in [-0.4, -0.2) is 37.6 Å². The fourth-order valence-corrected chi connectivity index (χ4v) is 3.73. The molecule has 7 nitrogen and oxygen atoms in total. The molecule has 1 aliphatic rings. The van der Waals surface area contributed by atoms with Gasteiger partial charge in [-0.25, -0.2) is 8.78 Å². The van der Waals surface area contributed by atoms with Crippen LogP contribution in [0.15, 0.2) is 59.9 Å². The SMILES string of the molecule is COc1cc(OC(F)(F)F)ccc1OC1=C(C(N)=O)C(F)C(c2ccc(C(N)=O)c(F)c2)(C(F)(F)F)C=C1. The minimum atomic E-state index is -5.48. The number of amides is 2. The Morgan fingerprint density at radius 2 is 1.61 bits per heavy atom. The van der Waals surface area contributed by atoms with Crippen molar-refractivity contribution in [2.45, 2.75) is 24.1 Å². The Morgan fingerprint density at radius 3 is 2.11 bits per heavy atom. The molecular formula is C23H16F8N2O5. The van der Waals surface area contributed by atoms with Crippen LogP contribution >= 0.6 is 0 Å². The quantitative estimate of drug-likeness (QED) is 0.496. The Balaban J connectivity index is 2.12. The standard InChI is InChI=1S/C23H16F8N2O5/c1-36-16-9-11(38-23(29,30)31)3-5-14(16)37-15-6-7-21(22(26,27)28,18(25)17(15)20(33)35)10-2-4-12(19(32)34)13(24)8-10/h2-9,18H,1H3,(H2,32,34)(H2,33,35). The highest BCUT2D eigenvalue weighted by Gasteiger charge is 2.63. The van der Waals surface area contributed by atoms with E-state index in [1.54, 1.807) is 0 Å². The second-order valence-electron chi connectivity index (χ2n) is 7.73. The lowest BCUT2D eigenvalue weighted by Crippen LogP contribution is -2.52.